The number of nitrogens with one attached hydrogen (secondary N) is 1. The summed E-state index contributed by atoms with van der Waals surface area (Å²) in [5.74, 6) is 0. The van der Waals surface area contributed by atoms with Gasteiger partial charge in [0.15, 0.2) is 0 Å². The second-order valence-corrected chi connectivity index (χ2v) is 8.27. The fourth-order valence-corrected chi connectivity index (χ4v) is 4.54. The van der Waals surface area contributed by atoms with Gasteiger partial charge < -0.3 is 10.2 Å². The molecule has 138 valence electrons. The van der Waals surface area contributed by atoms with Crippen molar-refractivity contribution < 1.29 is 4.79 Å². The van der Waals surface area contributed by atoms with Crippen LogP contribution < -0.4 is 5.32 Å². The number of likely N-dealkylation sites (N-methyl/N-ethyl adjacent to an activating group) is 1. The predicted octanol–water partition coefficient (Wildman–Crippen LogP) is 5.34. The van der Waals surface area contributed by atoms with E-state index < -0.39 is 0 Å². The summed E-state index contributed by atoms with van der Waals surface area (Å²) in [7, 11) is 0. The van der Waals surface area contributed by atoms with E-state index in [2.05, 4.69) is 66.3 Å². The molecule has 0 bridgehead atoms. The number of likely N-dealkylation sites (tertiary alicyclic amines) is 1. The lowest BCUT2D eigenvalue weighted by Crippen LogP contribution is -2.44. The molecule has 0 radical (unpaired) electrons. The minimum absolute atomic E-state index is 0.0397. The molecule has 2 aromatic rings. The zero-order chi connectivity index (χ0) is 18.5. The average Bonchev–Trinajstić information content (AvgIpc) is 3.07. The summed E-state index contributed by atoms with van der Waals surface area (Å²) in [6, 6.07) is 16.5. The number of benzene rings is 2. The molecule has 0 aromatic heterocycles. The number of amides is 2. The maximum Gasteiger partial charge on any atom is 0.322 e. The molecule has 0 aliphatic carbocycles. The van der Waals surface area contributed by atoms with Crippen molar-refractivity contribution in [3.05, 3.63) is 63.0 Å². The maximum atomic E-state index is 12.8. The first-order valence-corrected chi connectivity index (χ1v) is 10.4. The van der Waals surface area contributed by atoms with Crippen LogP contribution in [0.4, 0.5) is 10.5 Å². The molecule has 1 atom stereocenters. The van der Waals surface area contributed by atoms with Gasteiger partial charge in [0, 0.05) is 41.2 Å². The summed E-state index contributed by atoms with van der Waals surface area (Å²) in [6.45, 7) is 5.61. The second kappa shape index (κ2) is 9.02. The minimum Gasteiger partial charge on any atom is -0.320 e. The molecule has 1 heterocycles. The van der Waals surface area contributed by atoms with E-state index in [1.54, 1.807) is 0 Å². The Labute approximate surface area is 171 Å². The summed E-state index contributed by atoms with van der Waals surface area (Å²) in [5.41, 5.74) is 2.11. The molecule has 1 N–H and O–H groups in total. The van der Waals surface area contributed by atoms with Crippen molar-refractivity contribution >= 4 is 43.6 Å². The number of rotatable bonds is 5. The zero-order valence-corrected chi connectivity index (χ0v) is 18.0. The molecule has 1 fully saturated rings. The first kappa shape index (κ1) is 19.4. The van der Waals surface area contributed by atoms with Gasteiger partial charge in [0.05, 0.1) is 5.69 Å². The third-order valence-corrected chi connectivity index (χ3v) is 5.86. The highest BCUT2D eigenvalue weighted by atomic mass is 79.9. The molecule has 4 nitrogen and oxygen atoms in total. The van der Waals surface area contributed by atoms with Crippen molar-refractivity contribution in [2.24, 2.45) is 0 Å². The molecule has 0 saturated carbocycles. The number of halogens is 2. The molecule has 1 unspecified atom stereocenters. The van der Waals surface area contributed by atoms with Crippen molar-refractivity contribution in [2.75, 3.05) is 25.0 Å². The van der Waals surface area contributed by atoms with Crippen LogP contribution in [-0.2, 0) is 6.54 Å². The van der Waals surface area contributed by atoms with Crippen LogP contribution in [0.2, 0.25) is 0 Å². The summed E-state index contributed by atoms with van der Waals surface area (Å²) in [6.07, 6.45) is 1.01. The van der Waals surface area contributed by atoms with Gasteiger partial charge in [0.1, 0.15) is 0 Å². The Kier molecular flexibility index (Phi) is 6.73. The predicted molar refractivity (Wildman–Crippen MR) is 113 cm³/mol. The van der Waals surface area contributed by atoms with Crippen LogP contribution in [0, 0.1) is 0 Å². The minimum atomic E-state index is -0.0397. The lowest BCUT2D eigenvalue weighted by molar-refractivity contribution is 0.189. The fourth-order valence-electron chi connectivity index (χ4n) is 3.40. The molecular weight excluding hydrogens is 458 g/mol. The van der Waals surface area contributed by atoms with E-state index in [0.717, 1.165) is 40.7 Å². The quantitative estimate of drug-likeness (QED) is 0.626. The lowest BCUT2D eigenvalue weighted by Gasteiger charge is -2.28. The van der Waals surface area contributed by atoms with Crippen LogP contribution >= 0.6 is 31.9 Å². The van der Waals surface area contributed by atoms with Gasteiger partial charge in [-0.2, -0.15) is 0 Å². The van der Waals surface area contributed by atoms with E-state index >= 15 is 0 Å². The summed E-state index contributed by atoms with van der Waals surface area (Å²) >= 11 is 6.94. The van der Waals surface area contributed by atoms with Crippen LogP contribution in [0.15, 0.2) is 57.5 Å². The lowest BCUT2D eigenvalue weighted by atomic mass is 10.2. The van der Waals surface area contributed by atoms with Crippen molar-refractivity contribution in [3.63, 3.8) is 0 Å². The Morgan fingerprint density at radius 2 is 2.00 bits per heavy atom. The largest absolute Gasteiger partial charge is 0.322 e. The Morgan fingerprint density at radius 1 is 1.23 bits per heavy atom. The first-order valence-electron chi connectivity index (χ1n) is 8.85. The van der Waals surface area contributed by atoms with Crippen molar-refractivity contribution in [1.29, 1.82) is 0 Å². The molecule has 1 aliphatic rings. The van der Waals surface area contributed by atoms with E-state index in [9.17, 15) is 4.79 Å². The monoisotopic (exact) mass is 479 g/mol. The smallest absolute Gasteiger partial charge is 0.320 e. The third-order valence-electron chi connectivity index (χ3n) is 4.71. The van der Waals surface area contributed by atoms with E-state index in [0.29, 0.717) is 6.54 Å². The highest BCUT2D eigenvalue weighted by molar-refractivity contribution is 9.11. The first-order chi connectivity index (χ1) is 12.6. The van der Waals surface area contributed by atoms with E-state index in [-0.39, 0.29) is 12.1 Å². The molecular formula is C20H23Br2N3O. The van der Waals surface area contributed by atoms with Crippen LogP contribution in [0.5, 0.6) is 0 Å². The molecule has 26 heavy (non-hydrogen) atoms. The summed E-state index contributed by atoms with van der Waals surface area (Å²) in [5, 5.41) is 3.03. The molecule has 0 spiro atoms. The van der Waals surface area contributed by atoms with Gasteiger partial charge in [-0.3, -0.25) is 4.90 Å². The molecule has 1 saturated heterocycles. The molecule has 2 amide bonds. The topological polar surface area (TPSA) is 35.6 Å². The van der Waals surface area contributed by atoms with Gasteiger partial charge >= 0.3 is 6.03 Å². The number of carbonyl (C=O) groups excluding carboxylic acids is 1. The van der Waals surface area contributed by atoms with Gasteiger partial charge in [0.25, 0.3) is 0 Å². The summed E-state index contributed by atoms with van der Waals surface area (Å²) < 4.78 is 1.84. The van der Waals surface area contributed by atoms with Crippen LogP contribution in [0.1, 0.15) is 18.9 Å². The number of hydrogen-bond acceptors (Lipinski definition) is 2. The number of nitrogens with zero attached hydrogens (tertiary/aromatic N) is 2. The zero-order valence-electron chi connectivity index (χ0n) is 14.8. The Morgan fingerprint density at radius 3 is 2.69 bits per heavy atom. The Balaban J connectivity index is 1.60. The number of hydrogen-bond donors (Lipinski definition) is 1. The van der Waals surface area contributed by atoms with Crippen molar-refractivity contribution in [2.45, 2.75) is 25.9 Å². The highest BCUT2D eigenvalue weighted by Crippen LogP contribution is 2.27. The van der Waals surface area contributed by atoms with E-state index in [4.69, 9.17) is 0 Å². The van der Waals surface area contributed by atoms with E-state index in [1.165, 1.54) is 5.56 Å². The number of urea groups is 1. The molecule has 2 aromatic carbocycles. The van der Waals surface area contributed by atoms with Gasteiger partial charge in [-0.15, -0.1) is 0 Å². The second-order valence-electron chi connectivity index (χ2n) is 6.50. The molecule has 3 rings (SSSR count). The SMILES string of the molecule is CCN(C(=O)Nc1ccc(Br)cc1Br)C1CCN(Cc2ccccc2)C1. The average molecular weight is 481 g/mol. The highest BCUT2D eigenvalue weighted by Gasteiger charge is 2.30. The Hall–Kier alpha value is -1.37. The van der Waals surface area contributed by atoms with Gasteiger partial charge in [0.2, 0.25) is 0 Å². The van der Waals surface area contributed by atoms with Crippen LogP contribution in [-0.4, -0.2) is 41.5 Å². The normalized spacial score (nSPS) is 17.3. The molecule has 1 aliphatic heterocycles. The number of carbonyl (C=O) groups is 1. The van der Waals surface area contributed by atoms with Crippen molar-refractivity contribution in [3.8, 4) is 0 Å². The van der Waals surface area contributed by atoms with Crippen molar-refractivity contribution in [1.82, 2.24) is 9.80 Å². The van der Waals surface area contributed by atoms with Gasteiger partial charge in [-0.1, -0.05) is 46.3 Å². The standard InChI is InChI=1S/C20H23Br2N3O/c1-2-25(20(26)23-19-9-8-16(21)12-18(19)22)17-10-11-24(14-17)13-15-6-4-3-5-7-15/h3-9,12,17H,2,10-11,13-14H2,1H3,(H,23,26). The number of anilines is 1. The summed E-state index contributed by atoms with van der Waals surface area (Å²) in [4.78, 5) is 17.2. The fraction of sp³-hybridized carbons (Fsp3) is 0.350. The Bertz CT molecular complexity index is 754. The van der Waals surface area contributed by atoms with Gasteiger partial charge in [-0.05, 0) is 53.0 Å². The van der Waals surface area contributed by atoms with E-state index in [1.807, 2.05) is 36.1 Å². The van der Waals surface area contributed by atoms with Crippen LogP contribution in [0.25, 0.3) is 0 Å². The molecule has 6 heteroatoms. The third kappa shape index (κ3) is 4.87. The van der Waals surface area contributed by atoms with Gasteiger partial charge in [-0.25, -0.2) is 4.79 Å². The maximum absolute atomic E-state index is 12.8. The van der Waals surface area contributed by atoms with Crippen LogP contribution in [0.3, 0.4) is 0 Å².